The van der Waals surface area contributed by atoms with Crippen LogP contribution in [0.15, 0.2) is 42.5 Å². The van der Waals surface area contributed by atoms with Crippen molar-refractivity contribution in [3.63, 3.8) is 0 Å². The van der Waals surface area contributed by atoms with Gasteiger partial charge in [0.05, 0.1) is 0 Å². The Morgan fingerprint density at radius 3 is 2.47 bits per heavy atom. The summed E-state index contributed by atoms with van der Waals surface area (Å²) < 4.78 is 11.3. The summed E-state index contributed by atoms with van der Waals surface area (Å²) in [6, 6.07) is 15.2. The Morgan fingerprint density at radius 2 is 1.79 bits per heavy atom. The van der Waals surface area contributed by atoms with Gasteiger partial charge in [-0.05, 0) is 36.2 Å². The molecule has 0 aliphatic rings. The lowest BCUT2D eigenvalue weighted by Crippen LogP contribution is -2.29. The molecule has 2 aromatic rings. The van der Waals surface area contributed by atoms with E-state index in [1.165, 1.54) is 16.3 Å². The summed E-state index contributed by atoms with van der Waals surface area (Å²) in [6.07, 6.45) is 1.76. The molecule has 0 saturated heterocycles. The van der Waals surface area contributed by atoms with Crippen LogP contribution < -0.4 is 5.32 Å². The van der Waals surface area contributed by atoms with Crippen LogP contribution in [0.3, 0.4) is 0 Å². The lowest BCUT2D eigenvalue weighted by atomic mass is 10.0. The number of hydrogen-bond acceptors (Lipinski definition) is 2. The highest BCUT2D eigenvalue weighted by Gasteiger charge is 2.10. The van der Waals surface area contributed by atoms with Gasteiger partial charge >= 0.3 is 0 Å². The van der Waals surface area contributed by atoms with Gasteiger partial charge in [-0.25, -0.2) is 0 Å². The lowest BCUT2D eigenvalue weighted by Gasteiger charge is -2.17. The van der Waals surface area contributed by atoms with Crippen molar-refractivity contribution >= 4 is 21.6 Å². The van der Waals surface area contributed by atoms with Crippen molar-refractivity contribution in [3.8, 4) is 0 Å². The SMILES string of the molecule is CC(NCC(C)S(C)=O)c1ccc2ccccc2c1. The van der Waals surface area contributed by atoms with E-state index in [4.69, 9.17) is 0 Å². The summed E-state index contributed by atoms with van der Waals surface area (Å²) in [5.74, 6) is 0. The molecule has 3 atom stereocenters. The molecule has 0 aliphatic carbocycles. The molecular weight excluding hydrogens is 254 g/mol. The van der Waals surface area contributed by atoms with Crippen LogP contribution in [-0.2, 0) is 10.8 Å². The molecule has 0 aliphatic heterocycles. The lowest BCUT2D eigenvalue weighted by molar-refractivity contribution is 0.569. The maximum atomic E-state index is 11.3. The van der Waals surface area contributed by atoms with E-state index in [0.717, 1.165) is 6.54 Å². The molecule has 0 bridgehead atoms. The fourth-order valence-corrected chi connectivity index (χ4v) is 2.39. The van der Waals surface area contributed by atoms with Gasteiger partial charge in [0.2, 0.25) is 0 Å². The zero-order valence-electron chi connectivity index (χ0n) is 11.7. The maximum Gasteiger partial charge on any atom is 0.0441 e. The van der Waals surface area contributed by atoms with E-state index < -0.39 is 10.8 Å². The summed E-state index contributed by atoms with van der Waals surface area (Å²) in [5, 5.41) is 6.16. The van der Waals surface area contributed by atoms with Crippen molar-refractivity contribution < 1.29 is 4.21 Å². The van der Waals surface area contributed by atoms with Gasteiger partial charge < -0.3 is 5.32 Å². The molecule has 0 amide bonds. The second-order valence-corrected chi connectivity index (χ2v) is 6.85. The van der Waals surface area contributed by atoms with Gasteiger partial charge in [-0.1, -0.05) is 36.4 Å². The Balaban J connectivity index is 2.08. The molecule has 1 N–H and O–H groups in total. The summed E-state index contributed by atoms with van der Waals surface area (Å²) in [5.41, 5.74) is 1.27. The summed E-state index contributed by atoms with van der Waals surface area (Å²) in [7, 11) is -0.768. The number of benzene rings is 2. The zero-order chi connectivity index (χ0) is 13.8. The molecule has 3 heteroatoms. The molecule has 19 heavy (non-hydrogen) atoms. The van der Waals surface area contributed by atoms with Crippen LogP contribution >= 0.6 is 0 Å². The molecule has 102 valence electrons. The predicted molar refractivity (Wildman–Crippen MR) is 83.9 cm³/mol. The van der Waals surface area contributed by atoms with Crippen LogP contribution in [0.2, 0.25) is 0 Å². The van der Waals surface area contributed by atoms with Crippen LogP contribution in [0.5, 0.6) is 0 Å². The van der Waals surface area contributed by atoms with Crippen LogP contribution in [0.25, 0.3) is 10.8 Å². The van der Waals surface area contributed by atoms with Crippen LogP contribution in [0.1, 0.15) is 25.5 Å². The first-order valence-electron chi connectivity index (χ1n) is 6.62. The quantitative estimate of drug-likeness (QED) is 0.907. The summed E-state index contributed by atoms with van der Waals surface area (Å²) >= 11 is 0. The smallest absolute Gasteiger partial charge is 0.0441 e. The first-order valence-corrected chi connectivity index (χ1v) is 8.24. The van der Waals surface area contributed by atoms with E-state index >= 15 is 0 Å². The number of nitrogens with one attached hydrogen (secondary N) is 1. The van der Waals surface area contributed by atoms with Crippen molar-refractivity contribution in [3.05, 3.63) is 48.0 Å². The van der Waals surface area contributed by atoms with Gasteiger partial charge in [0.1, 0.15) is 0 Å². The Kier molecular flexibility index (Phi) is 4.72. The Labute approximate surface area is 117 Å². The largest absolute Gasteiger partial charge is 0.309 e. The molecule has 0 spiro atoms. The molecular formula is C16H21NOS. The van der Waals surface area contributed by atoms with E-state index in [-0.39, 0.29) is 11.3 Å². The maximum absolute atomic E-state index is 11.3. The molecule has 0 radical (unpaired) electrons. The first-order chi connectivity index (χ1) is 9.08. The number of hydrogen-bond donors (Lipinski definition) is 1. The molecule has 0 aromatic heterocycles. The van der Waals surface area contributed by atoms with Crippen LogP contribution in [-0.4, -0.2) is 22.3 Å². The highest BCUT2D eigenvalue weighted by molar-refractivity contribution is 7.84. The molecule has 0 heterocycles. The average molecular weight is 275 g/mol. The van der Waals surface area contributed by atoms with Gasteiger partial charge in [0.25, 0.3) is 0 Å². The first kappa shape index (κ1) is 14.2. The predicted octanol–water partition coefficient (Wildman–Crippen LogP) is 3.26. The Hall–Kier alpha value is -1.19. The van der Waals surface area contributed by atoms with Crippen LogP contribution in [0, 0.1) is 0 Å². The number of fused-ring (bicyclic) bond motifs is 1. The van der Waals surface area contributed by atoms with E-state index in [1.807, 2.05) is 6.92 Å². The van der Waals surface area contributed by atoms with Crippen molar-refractivity contribution in [2.75, 3.05) is 12.8 Å². The molecule has 0 saturated carbocycles. The standard InChI is InChI=1S/C16H21NOS/c1-12(19(3)18)11-17-13(2)15-9-8-14-6-4-5-7-16(14)10-15/h4-10,12-13,17H,11H2,1-3H3. The molecule has 0 fully saturated rings. The van der Waals surface area contributed by atoms with Gasteiger partial charge in [-0.2, -0.15) is 0 Å². The third-order valence-corrected chi connectivity index (χ3v) is 4.85. The number of rotatable bonds is 5. The normalized spacial score (nSPS) is 16.2. The van der Waals surface area contributed by atoms with E-state index in [9.17, 15) is 4.21 Å². The van der Waals surface area contributed by atoms with Gasteiger partial charge in [0.15, 0.2) is 0 Å². The minimum absolute atomic E-state index is 0.183. The topological polar surface area (TPSA) is 29.1 Å². The average Bonchev–Trinajstić information content (AvgIpc) is 2.43. The highest BCUT2D eigenvalue weighted by atomic mass is 32.2. The Bertz CT molecular complexity index is 582. The van der Waals surface area contributed by atoms with Gasteiger partial charge in [-0.15, -0.1) is 0 Å². The van der Waals surface area contributed by atoms with Crippen molar-refractivity contribution in [2.45, 2.75) is 25.1 Å². The zero-order valence-corrected chi connectivity index (χ0v) is 12.5. The highest BCUT2D eigenvalue weighted by Crippen LogP contribution is 2.20. The monoisotopic (exact) mass is 275 g/mol. The Morgan fingerprint density at radius 1 is 1.11 bits per heavy atom. The fourth-order valence-electron chi connectivity index (χ4n) is 2.06. The second kappa shape index (κ2) is 6.31. The minimum Gasteiger partial charge on any atom is -0.309 e. The van der Waals surface area contributed by atoms with E-state index in [1.54, 1.807) is 6.26 Å². The third kappa shape index (κ3) is 3.64. The molecule has 2 nitrogen and oxygen atoms in total. The van der Waals surface area contributed by atoms with Crippen LogP contribution in [0.4, 0.5) is 0 Å². The van der Waals surface area contributed by atoms with Crippen molar-refractivity contribution in [2.24, 2.45) is 0 Å². The summed E-state index contributed by atoms with van der Waals surface area (Å²) in [4.78, 5) is 0. The fraction of sp³-hybridized carbons (Fsp3) is 0.375. The van der Waals surface area contributed by atoms with E-state index in [2.05, 4.69) is 54.7 Å². The molecule has 3 unspecified atom stereocenters. The summed E-state index contributed by atoms with van der Waals surface area (Å²) in [6.45, 7) is 4.93. The third-order valence-electron chi connectivity index (χ3n) is 3.55. The molecule has 2 rings (SSSR count). The van der Waals surface area contributed by atoms with Crippen molar-refractivity contribution in [1.29, 1.82) is 0 Å². The molecule has 2 aromatic carbocycles. The van der Waals surface area contributed by atoms with E-state index in [0.29, 0.717) is 0 Å². The van der Waals surface area contributed by atoms with Gasteiger partial charge in [0, 0.05) is 34.9 Å². The minimum atomic E-state index is -0.768. The van der Waals surface area contributed by atoms with Gasteiger partial charge in [-0.3, -0.25) is 4.21 Å². The van der Waals surface area contributed by atoms with Crippen molar-refractivity contribution in [1.82, 2.24) is 5.32 Å². The second-order valence-electron chi connectivity index (χ2n) is 5.05.